The lowest BCUT2D eigenvalue weighted by Crippen LogP contribution is -2.43. The lowest BCUT2D eigenvalue weighted by Gasteiger charge is -2.30. The number of aliphatic hydroxyl groups excluding tert-OH is 1. The number of aliphatic hydroxyl groups is 1. The monoisotopic (exact) mass is 403 g/mol. The van der Waals surface area contributed by atoms with Crippen molar-refractivity contribution in [1.29, 1.82) is 0 Å². The predicted molar refractivity (Wildman–Crippen MR) is 104 cm³/mol. The van der Waals surface area contributed by atoms with E-state index in [1.165, 1.54) is 6.20 Å². The number of rotatable bonds is 4. The molecule has 0 radical (unpaired) electrons. The maximum absolute atomic E-state index is 14.9. The predicted octanol–water partition coefficient (Wildman–Crippen LogP) is 0.949. The van der Waals surface area contributed by atoms with E-state index in [0.29, 0.717) is 24.3 Å². The molecule has 2 fully saturated rings. The summed E-state index contributed by atoms with van der Waals surface area (Å²) in [6.07, 6.45) is 1.63. The molecule has 1 saturated carbocycles. The zero-order chi connectivity index (χ0) is 20.7. The van der Waals surface area contributed by atoms with Gasteiger partial charge in [0.1, 0.15) is 17.5 Å². The van der Waals surface area contributed by atoms with E-state index >= 15 is 0 Å². The number of halogens is 1. The van der Waals surface area contributed by atoms with E-state index in [4.69, 9.17) is 0 Å². The van der Waals surface area contributed by atoms with E-state index in [1.54, 1.807) is 10.6 Å². The third kappa shape index (κ3) is 3.75. The molecule has 2 aliphatic rings. The van der Waals surface area contributed by atoms with Gasteiger partial charge >= 0.3 is 11.9 Å². The molecule has 1 aliphatic heterocycles. The van der Waals surface area contributed by atoms with Crippen LogP contribution in [-0.4, -0.2) is 53.9 Å². The summed E-state index contributed by atoms with van der Waals surface area (Å²) >= 11 is 0. The van der Waals surface area contributed by atoms with E-state index in [-0.39, 0.29) is 17.0 Å². The van der Waals surface area contributed by atoms with Crippen LogP contribution in [-0.2, 0) is 9.53 Å². The normalized spacial score (nSPS) is 18.0. The highest BCUT2D eigenvalue weighted by Gasteiger charge is 2.29. The van der Waals surface area contributed by atoms with Gasteiger partial charge in [-0.3, -0.25) is 4.79 Å². The van der Waals surface area contributed by atoms with Crippen LogP contribution in [0.15, 0.2) is 23.1 Å². The maximum atomic E-state index is 14.9. The Labute approximate surface area is 165 Å². The van der Waals surface area contributed by atoms with E-state index in [0.717, 1.165) is 38.9 Å². The third-order valence-electron chi connectivity index (χ3n) is 5.25. The van der Waals surface area contributed by atoms with Crippen LogP contribution in [0.5, 0.6) is 0 Å². The van der Waals surface area contributed by atoms with Crippen molar-refractivity contribution >= 4 is 28.5 Å². The van der Waals surface area contributed by atoms with Crippen LogP contribution in [0.4, 0.5) is 10.1 Å². The summed E-state index contributed by atoms with van der Waals surface area (Å²) in [6, 6.07) is 2.91. The van der Waals surface area contributed by atoms with Gasteiger partial charge in [-0.1, -0.05) is 0 Å². The smallest absolute Gasteiger partial charge is 0.351 e. The molecule has 0 amide bonds. The van der Waals surface area contributed by atoms with Crippen molar-refractivity contribution in [2.45, 2.75) is 31.9 Å². The van der Waals surface area contributed by atoms with Gasteiger partial charge in [0.25, 0.3) is 0 Å². The van der Waals surface area contributed by atoms with E-state index in [2.05, 4.69) is 10.1 Å². The minimum atomic E-state index is -1.50. The molecule has 0 spiro atoms. The third-order valence-corrected chi connectivity index (χ3v) is 5.25. The molecule has 154 valence electrons. The second-order valence-electron chi connectivity index (χ2n) is 7.45. The highest BCUT2D eigenvalue weighted by molar-refractivity contribution is 6.00. The number of hydrogen-bond donors (Lipinski definition) is 2. The number of hydrogen-bond acceptors (Lipinski definition) is 7. The fourth-order valence-electron chi connectivity index (χ4n) is 3.54. The molecule has 29 heavy (non-hydrogen) atoms. The molecule has 1 unspecified atom stereocenters. The Hall–Kier alpha value is -2.78. The van der Waals surface area contributed by atoms with Crippen molar-refractivity contribution in [3.63, 3.8) is 0 Å². The number of esters is 2. The van der Waals surface area contributed by atoms with Crippen molar-refractivity contribution in [3.05, 3.63) is 39.9 Å². The number of fused-ring (bicyclic) bond motifs is 1. The quantitative estimate of drug-likeness (QED) is 0.579. The molecule has 1 atom stereocenters. The molecule has 9 heteroatoms. The van der Waals surface area contributed by atoms with Crippen LogP contribution in [0.2, 0.25) is 0 Å². The Balaban J connectivity index is 1.82. The minimum Gasteiger partial charge on any atom is -0.387 e. The van der Waals surface area contributed by atoms with Crippen LogP contribution in [0.25, 0.3) is 10.9 Å². The van der Waals surface area contributed by atoms with Crippen LogP contribution < -0.4 is 15.6 Å². The molecule has 1 saturated heterocycles. The summed E-state index contributed by atoms with van der Waals surface area (Å²) in [5, 5.41) is 12.5. The summed E-state index contributed by atoms with van der Waals surface area (Å²) < 4.78 is 21.2. The van der Waals surface area contributed by atoms with Gasteiger partial charge in [0.15, 0.2) is 0 Å². The number of benzene rings is 1. The van der Waals surface area contributed by atoms with Gasteiger partial charge in [-0.2, -0.15) is 0 Å². The lowest BCUT2D eigenvalue weighted by atomic mass is 10.1. The van der Waals surface area contributed by atoms with E-state index < -0.39 is 29.3 Å². The van der Waals surface area contributed by atoms with Crippen molar-refractivity contribution in [3.8, 4) is 0 Å². The van der Waals surface area contributed by atoms with Crippen LogP contribution in [0.1, 0.15) is 36.2 Å². The average Bonchev–Trinajstić information content (AvgIpc) is 3.54. The number of aromatic nitrogens is 1. The summed E-state index contributed by atoms with van der Waals surface area (Å²) in [5.41, 5.74) is -0.0861. The van der Waals surface area contributed by atoms with Crippen molar-refractivity contribution < 1.29 is 23.8 Å². The summed E-state index contributed by atoms with van der Waals surface area (Å²) in [6.45, 7) is 3.96. The van der Waals surface area contributed by atoms with Crippen LogP contribution >= 0.6 is 0 Å². The molecule has 2 heterocycles. The van der Waals surface area contributed by atoms with E-state index in [1.807, 2.05) is 4.90 Å². The fourth-order valence-corrected chi connectivity index (χ4v) is 3.54. The van der Waals surface area contributed by atoms with Crippen molar-refractivity contribution in [2.24, 2.45) is 0 Å². The van der Waals surface area contributed by atoms with Crippen LogP contribution in [0.3, 0.4) is 0 Å². The van der Waals surface area contributed by atoms with Gasteiger partial charge in [-0.15, -0.1) is 0 Å². The maximum Gasteiger partial charge on any atom is 0.351 e. The zero-order valence-electron chi connectivity index (χ0n) is 16.0. The topological polar surface area (TPSA) is 101 Å². The van der Waals surface area contributed by atoms with Gasteiger partial charge in [0.2, 0.25) is 5.43 Å². The van der Waals surface area contributed by atoms with Gasteiger partial charge in [0, 0.05) is 43.8 Å². The first-order chi connectivity index (χ1) is 13.9. The molecule has 0 bridgehead atoms. The molecular weight excluding hydrogens is 381 g/mol. The highest BCUT2D eigenvalue weighted by atomic mass is 19.1. The van der Waals surface area contributed by atoms with E-state index in [9.17, 15) is 23.9 Å². The Kier molecular flexibility index (Phi) is 5.10. The van der Waals surface area contributed by atoms with Crippen molar-refractivity contribution in [2.75, 3.05) is 31.1 Å². The highest BCUT2D eigenvalue weighted by Crippen LogP contribution is 2.38. The second kappa shape index (κ2) is 7.57. The Morgan fingerprint density at radius 2 is 1.97 bits per heavy atom. The summed E-state index contributed by atoms with van der Waals surface area (Å²) in [5.74, 6) is -2.83. The Morgan fingerprint density at radius 1 is 1.28 bits per heavy atom. The Bertz CT molecular complexity index is 1040. The molecule has 1 aromatic carbocycles. The largest absolute Gasteiger partial charge is 0.387 e. The summed E-state index contributed by atoms with van der Waals surface area (Å²) in [4.78, 5) is 38.7. The Morgan fingerprint density at radius 3 is 2.59 bits per heavy atom. The number of pyridine rings is 1. The molecule has 2 N–H and O–H groups in total. The van der Waals surface area contributed by atoms with Gasteiger partial charge in [-0.25, -0.2) is 14.0 Å². The number of nitrogens with one attached hydrogen (secondary N) is 1. The molecule has 4 rings (SSSR count). The fraction of sp³-hybridized carbons (Fsp3) is 0.450. The zero-order valence-corrected chi connectivity index (χ0v) is 16.0. The van der Waals surface area contributed by atoms with Gasteiger partial charge < -0.3 is 24.6 Å². The van der Waals surface area contributed by atoms with Crippen LogP contribution in [0, 0.1) is 5.82 Å². The number of piperazine rings is 1. The molecular formula is C20H22FN3O5. The standard InChI is InChI=1S/C20H22FN3O5/c1-11(25)19(27)29-20(28)14-10-24(12-2-3-12)16-9-17(23-6-4-22-5-7-23)15(21)8-13(16)18(14)26/h8-12,22,25H,2-7H2,1H3. The second-order valence-corrected chi connectivity index (χ2v) is 7.45. The summed E-state index contributed by atoms with van der Waals surface area (Å²) in [7, 11) is 0. The molecule has 8 nitrogen and oxygen atoms in total. The SMILES string of the molecule is CC(O)C(=O)OC(=O)c1cn(C2CC2)c2cc(N3CCNCC3)c(F)cc2c1=O. The molecule has 1 aromatic heterocycles. The number of ether oxygens (including phenoxy) is 1. The lowest BCUT2D eigenvalue weighted by molar-refractivity contribution is -0.146. The molecule has 1 aliphatic carbocycles. The molecule has 2 aromatic rings. The first kappa shape index (κ1) is 19.5. The van der Waals surface area contributed by atoms with Crippen molar-refractivity contribution in [1.82, 2.24) is 9.88 Å². The number of carbonyl (C=O) groups excluding carboxylic acids is 2. The minimum absolute atomic E-state index is 0.0623. The van der Waals surface area contributed by atoms with Gasteiger partial charge in [0.05, 0.1) is 11.2 Å². The first-order valence-electron chi connectivity index (χ1n) is 9.65. The van der Waals surface area contributed by atoms with Gasteiger partial charge in [-0.05, 0) is 31.9 Å². The average molecular weight is 403 g/mol. The number of anilines is 1. The number of nitrogens with zero attached hydrogens (tertiary/aromatic N) is 2. The number of carbonyl (C=O) groups is 2. The first-order valence-corrected chi connectivity index (χ1v) is 9.65.